The zero-order chi connectivity index (χ0) is 15.8. The van der Waals surface area contributed by atoms with Gasteiger partial charge in [-0.15, -0.1) is 0 Å². The van der Waals surface area contributed by atoms with Crippen LogP contribution in [0.1, 0.15) is 45.2 Å². The number of rotatable bonds is 5. The van der Waals surface area contributed by atoms with Crippen LogP contribution in [0.3, 0.4) is 0 Å². The first-order valence-electron chi connectivity index (χ1n) is 8.21. The Morgan fingerprint density at radius 2 is 1.83 bits per heavy atom. The summed E-state index contributed by atoms with van der Waals surface area (Å²) in [5, 5.41) is 0. The summed E-state index contributed by atoms with van der Waals surface area (Å²) >= 11 is 0. The van der Waals surface area contributed by atoms with E-state index in [0.29, 0.717) is 6.10 Å². The molecule has 1 aliphatic carbocycles. The number of nitrogens with two attached hydrogens (primary N) is 2. The minimum atomic E-state index is -0.783. The smallest absolute Gasteiger partial charge is 0.0924 e. The summed E-state index contributed by atoms with van der Waals surface area (Å²) in [7, 11) is 0. The number of hydrogen-bond donors (Lipinski definition) is 2. The molecule has 4 N–H and O–H groups in total. The molecule has 1 fully saturated rings. The van der Waals surface area contributed by atoms with Gasteiger partial charge in [0.05, 0.1) is 18.4 Å². The van der Waals surface area contributed by atoms with Crippen molar-refractivity contribution in [3.8, 4) is 0 Å². The van der Waals surface area contributed by atoms with E-state index in [1.54, 1.807) is 0 Å². The normalized spacial score (nSPS) is 23.8. The van der Waals surface area contributed by atoms with Crippen molar-refractivity contribution in [3.63, 3.8) is 0 Å². The predicted molar refractivity (Wildman–Crippen MR) is 97.9 cm³/mol. The van der Waals surface area contributed by atoms with E-state index >= 15 is 0 Å². The molecule has 1 aromatic rings. The fourth-order valence-corrected chi connectivity index (χ4v) is 3.51. The summed E-state index contributed by atoms with van der Waals surface area (Å²) in [6, 6.07) is 8.56. The van der Waals surface area contributed by atoms with Crippen LogP contribution < -0.4 is 11.5 Å². The average molecular weight is 314 g/mol. The summed E-state index contributed by atoms with van der Waals surface area (Å²) in [6.07, 6.45) is 9.56. The fourth-order valence-electron chi connectivity index (χ4n) is 3.51. The van der Waals surface area contributed by atoms with Gasteiger partial charge in [-0.1, -0.05) is 57.7 Å². The predicted octanol–water partition coefficient (Wildman–Crippen LogP) is 3.64. The van der Waals surface area contributed by atoms with Crippen LogP contribution in [0.4, 0.5) is 0 Å². The van der Waals surface area contributed by atoms with Gasteiger partial charge in [0.2, 0.25) is 0 Å². The SMILES string of the molecule is C.CCC1(CC)C=C(c2ccccc2CC2CO2)C=CC1(N)N. The van der Waals surface area contributed by atoms with E-state index < -0.39 is 5.66 Å². The fraction of sp³-hybridized carbons (Fsp3) is 0.500. The molecule has 0 amide bonds. The van der Waals surface area contributed by atoms with Crippen LogP contribution >= 0.6 is 0 Å². The molecular formula is C20H30N2O. The number of hydrogen-bond acceptors (Lipinski definition) is 3. The van der Waals surface area contributed by atoms with Gasteiger partial charge in [-0.3, -0.25) is 0 Å². The van der Waals surface area contributed by atoms with Crippen molar-refractivity contribution in [2.24, 2.45) is 16.9 Å². The largest absolute Gasteiger partial charge is 0.373 e. The highest BCUT2D eigenvalue weighted by Crippen LogP contribution is 2.43. The van der Waals surface area contributed by atoms with Crippen LogP contribution in [0.2, 0.25) is 0 Å². The molecule has 0 spiro atoms. The molecule has 3 rings (SSSR count). The molecule has 1 unspecified atom stereocenters. The molecule has 0 saturated carbocycles. The van der Waals surface area contributed by atoms with Gasteiger partial charge >= 0.3 is 0 Å². The van der Waals surface area contributed by atoms with Crippen molar-refractivity contribution >= 4 is 5.57 Å². The van der Waals surface area contributed by atoms with Crippen LogP contribution in [-0.4, -0.2) is 18.4 Å². The van der Waals surface area contributed by atoms with Crippen LogP contribution in [-0.2, 0) is 11.2 Å². The molecule has 23 heavy (non-hydrogen) atoms. The molecule has 126 valence electrons. The number of ether oxygens (including phenoxy) is 1. The first-order valence-corrected chi connectivity index (χ1v) is 8.21. The van der Waals surface area contributed by atoms with Crippen LogP contribution in [0.15, 0.2) is 42.5 Å². The Labute approximate surface area is 140 Å². The maximum Gasteiger partial charge on any atom is 0.0924 e. The second-order valence-corrected chi connectivity index (χ2v) is 6.55. The molecule has 1 aromatic carbocycles. The van der Waals surface area contributed by atoms with Crippen molar-refractivity contribution in [3.05, 3.63) is 53.6 Å². The lowest BCUT2D eigenvalue weighted by molar-refractivity contribution is 0.214. The first kappa shape index (κ1) is 17.9. The third kappa shape index (κ3) is 3.27. The zero-order valence-electron chi connectivity index (χ0n) is 13.5. The Bertz CT molecular complexity index is 608. The Morgan fingerprint density at radius 3 is 2.43 bits per heavy atom. The molecule has 1 saturated heterocycles. The molecule has 1 aliphatic heterocycles. The maximum atomic E-state index is 6.37. The van der Waals surface area contributed by atoms with Gasteiger partial charge in [-0.25, -0.2) is 0 Å². The minimum Gasteiger partial charge on any atom is -0.373 e. The van der Waals surface area contributed by atoms with Crippen LogP contribution in [0.25, 0.3) is 5.57 Å². The Kier molecular flexibility index (Phi) is 5.14. The van der Waals surface area contributed by atoms with Gasteiger partial charge in [0, 0.05) is 11.8 Å². The third-order valence-electron chi connectivity index (χ3n) is 5.27. The van der Waals surface area contributed by atoms with Crippen molar-refractivity contribution in [2.75, 3.05) is 6.61 Å². The summed E-state index contributed by atoms with van der Waals surface area (Å²) in [5.41, 5.74) is 15.6. The van der Waals surface area contributed by atoms with E-state index in [2.05, 4.69) is 50.3 Å². The van der Waals surface area contributed by atoms with Crippen molar-refractivity contribution in [1.29, 1.82) is 0 Å². The Balaban J connectivity index is 0.00000192. The molecule has 0 bridgehead atoms. The zero-order valence-corrected chi connectivity index (χ0v) is 13.5. The van der Waals surface area contributed by atoms with Gasteiger partial charge in [0.1, 0.15) is 0 Å². The second kappa shape index (κ2) is 6.60. The lowest BCUT2D eigenvalue weighted by Gasteiger charge is -2.44. The average Bonchev–Trinajstić information content (AvgIpc) is 3.32. The summed E-state index contributed by atoms with van der Waals surface area (Å²) < 4.78 is 5.39. The highest BCUT2D eigenvalue weighted by atomic mass is 16.6. The number of epoxide rings is 1. The monoisotopic (exact) mass is 314 g/mol. The van der Waals surface area contributed by atoms with Gasteiger partial charge in [0.15, 0.2) is 0 Å². The second-order valence-electron chi connectivity index (χ2n) is 6.55. The highest BCUT2D eigenvalue weighted by molar-refractivity contribution is 5.78. The van der Waals surface area contributed by atoms with Gasteiger partial charge in [0.25, 0.3) is 0 Å². The molecule has 3 nitrogen and oxygen atoms in total. The van der Waals surface area contributed by atoms with Crippen LogP contribution in [0, 0.1) is 5.41 Å². The molecule has 3 heteroatoms. The quantitative estimate of drug-likeness (QED) is 0.644. The van der Waals surface area contributed by atoms with E-state index in [-0.39, 0.29) is 12.8 Å². The highest BCUT2D eigenvalue weighted by Gasteiger charge is 2.42. The lowest BCUT2D eigenvalue weighted by atomic mass is 9.67. The summed E-state index contributed by atoms with van der Waals surface area (Å²) in [5.74, 6) is 0. The third-order valence-corrected chi connectivity index (χ3v) is 5.27. The molecule has 0 radical (unpaired) electrons. The Morgan fingerprint density at radius 1 is 1.17 bits per heavy atom. The van der Waals surface area contributed by atoms with E-state index in [4.69, 9.17) is 16.2 Å². The van der Waals surface area contributed by atoms with E-state index in [1.165, 1.54) is 16.7 Å². The molecule has 0 aromatic heterocycles. The van der Waals surface area contributed by atoms with E-state index in [0.717, 1.165) is 25.9 Å². The van der Waals surface area contributed by atoms with E-state index in [9.17, 15) is 0 Å². The molecule has 1 heterocycles. The van der Waals surface area contributed by atoms with Gasteiger partial charge < -0.3 is 16.2 Å². The molecular weight excluding hydrogens is 284 g/mol. The summed E-state index contributed by atoms with van der Waals surface area (Å²) in [6.45, 7) is 5.20. The Hall–Kier alpha value is -1.42. The van der Waals surface area contributed by atoms with Gasteiger partial charge in [-0.05, 0) is 35.6 Å². The van der Waals surface area contributed by atoms with Crippen LogP contribution in [0.5, 0.6) is 0 Å². The lowest BCUT2D eigenvalue weighted by Crippen LogP contribution is -2.61. The molecule has 1 atom stereocenters. The number of benzene rings is 1. The summed E-state index contributed by atoms with van der Waals surface area (Å²) in [4.78, 5) is 0. The molecule has 2 aliphatic rings. The topological polar surface area (TPSA) is 64.6 Å². The van der Waals surface area contributed by atoms with Crippen molar-refractivity contribution in [2.45, 2.75) is 52.3 Å². The van der Waals surface area contributed by atoms with Crippen molar-refractivity contribution in [1.82, 2.24) is 0 Å². The minimum absolute atomic E-state index is 0. The number of allylic oxidation sites excluding steroid dienone is 2. The maximum absolute atomic E-state index is 6.37. The van der Waals surface area contributed by atoms with Crippen molar-refractivity contribution < 1.29 is 4.74 Å². The van der Waals surface area contributed by atoms with Gasteiger partial charge in [-0.2, -0.15) is 0 Å². The van der Waals surface area contributed by atoms with E-state index in [1.807, 2.05) is 6.08 Å². The standard InChI is InChI=1S/C19H26N2O.CH4/c1-3-18(4-2)12-15(9-10-19(18,20)21)17-8-6-5-7-14(17)11-16-13-22-16;/h5-10,12,16H,3-4,11,13,20-21H2,1-2H3;1H4. The first-order chi connectivity index (χ1) is 10.5.